The van der Waals surface area contributed by atoms with Gasteiger partial charge in [-0.2, -0.15) is 0 Å². The molecule has 0 aromatic heterocycles. The third kappa shape index (κ3) is 3.78. The van der Waals surface area contributed by atoms with E-state index in [1.54, 1.807) is 0 Å². The highest BCUT2D eigenvalue weighted by Crippen LogP contribution is 2.30. The molecule has 5 heteroatoms. The molecular formula is C14H20BrN3O. The Bertz CT molecular complexity index is 460. The average molecular weight is 326 g/mol. The molecular weight excluding hydrogens is 306 g/mol. The minimum atomic E-state index is -0.264. The molecule has 0 spiro atoms. The van der Waals surface area contributed by atoms with Crippen molar-refractivity contribution in [1.29, 1.82) is 0 Å². The van der Waals surface area contributed by atoms with Gasteiger partial charge in [-0.25, -0.2) is 5.84 Å². The van der Waals surface area contributed by atoms with E-state index in [4.69, 9.17) is 5.84 Å². The van der Waals surface area contributed by atoms with Gasteiger partial charge in [0.2, 0.25) is 0 Å². The Morgan fingerprint density at radius 3 is 2.79 bits per heavy atom. The van der Waals surface area contributed by atoms with Crippen molar-refractivity contribution in [2.45, 2.75) is 38.8 Å². The van der Waals surface area contributed by atoms with Gasteiger partial charge in [0.1, 0.15) is 0 Å². The van der Waals surface area contributed by atoms with Crippen molar-refractivity contribution in [3.63, 3.8) is 0 Å². The van der Waals surface area contributed by atoms with E-state index in [1.807, 2.05) is 18.2 Å². The lowest BCUT2D eigenvalue weighted by molar-refractivity contribution is 0.0953. The molecule has 0 atom stereocenters. The van der Waals surface area contributed by atoms with Gasteiger partial charge in [0, 0.05) is 22.6 Å². The normalized spacial score (nSPS) is 14.7. The maximum atomic E-state index is 11.5. The maximum Gasteiger partial charge on any atom is 0.265 e. The summed E-state index contributed by atoms with van der Waals surface area (Å²) >= 11 is 3.55. The maximum absolute atomic E-state index is 11.5. The Morgan fingerprint density at radius 1 is 1.53 bits per heavy atom. The van der Waals surface area contributed by atoms with Crippen LogP contribution in [0.1, 0.15) is 42.1 Å². The highest BCUT2D eigenvalue weighted by molar-refractivity contribution is 9.10. The van der Waals surface area contributed by atoms with Gasteiger partial charge in [-0.1, -0.05) is 28.9 Å². The molecule has 1 fully saturated rings. The van der Waals surface area contributed by atoms with Crippen molar-refractivity contribution in [3.8, 4) is 0 Å². The molecule has 104 valence electrons. The fourth-order valence-electron chi connectivity index (χ4n) is 2.24. The zero-order valence-electron chi connectivity index (χ0n) is 11.2. The number of nitrogen functional groups attached to an aromatic ring is 1. The summed E-state index contributed by atoms with van der Waals surface area (Å²) in [7, 11) is 0. The molecule has 2 rings (SSSR count). The van der Waals surface area contributed by atoms with Gasteiger partial charge >= 0.3 is 0 Å². The summed E-state index contributed by atoms with van der Waals surface area (Å²) in [5, 5.41) is 0. The van der Waals surface area contributed by atoms with Crippen LogP contribution < -0.4 is 11.3 Å². The number of hydrogen-bond donors (Lipinski definition) is 2. The van der Waals surface area contributed by atoms with E-state index in [0.29, 0.717) is 5.56 Å². The number of nitrogens with zero attached hydrogens (tertiary/aromatic N) is 1. The number of carbonyl (C=O) groups is 1. The predicted molar refractivity (Wildman–Crippen MR) is 79.5 cm³/mol. The van der Waals surface area contributed by atoms with Crippen LogP contribution in [0.15, 0.2) is 22.7 Å². The lowest BCUT2D eigenvalue weighted by atomic mass is 10.1. The van der Waals surface area contributed by atoms with Crippen LogP contribution in [-0.2, 0) is 6.54 Å². The fraction of sp³-hybridized carbons (Fsp3) is 0.500. The van der Waals surface area contributed by atoms with Gasteiger partial charge in [-0.15, -0.1) is 0 Å². The molecule has 1 aromatic rings. The summed E-state index contributed by atoms with van der Waals surface area (Å²) in [5.41, 5.74) is 3.94. The zero-order chi connectivity index (χ0) is 13.8. The van der Waals surface area contributed by atoms with Gasteiger partial charge < -0.3 is 0 Å². The number of benzene rings is 1. The Hall–Kier alpha value is -0.910. The van der Waals surface area contributed by atoms with Crippen LogP contribution in [0.25, 0.3) is 0 Å². The predicted octanol–water partition coefficient (Wildman–Crippen LogP) is 2.43. The number of amides is 1. The summed E-state index contributed by atoms with van der Waals surface area (Å²) < 4.78 is 0.968. The van der Waals surface area contributed by atoms with Crippen LogP contribution in [0.2, 0.25) is 0 Å². The first-order chi connectivity index (χ1) is 9.15. The van der Waals surface area contributed by atoms with E-state index in [1.165, 1.54) is 24.8 Å². The van der Waals surface area contributed by atoms with E-state index < -0.39 is 0 Å². The quantitative estimate of drug-likeness (QED) is 0.480. The van der Waals surface area contributed by atoms with Crippen LogP contribution in [0.5, 0.6) is 0 Å². The molecule has 0 heterocycles. The van der Waals surface area contributed by atoms with Gasteiger partial charge in [0.05, 0.1) is 0 Å². The first kappa shape index (κ1) is 14.5. The molecule has 19 heavy (non-hydrogen) atoms. The highest BCUT2D eigenvalue weighted by atomic mass is 79.9. The number of nitrogens with one attached hydrogen (secondary N) is 1. The zero-order valence-corrected chi connectivity index (χ0v) is 12.7. The van der Waals surface area contributed by atoms with Crippen LogP contribution in [0, 0.1) is 0 Å². The third-order valence-electron chi connectivity index (χ3n) is 3.39. The number of carbonyl (C=O) groups excluding carboxylic acids is 1. The van der Waals surface area contributed by atoms with E-state index in [0.717, 1.165) is 23.6 Å². The smallest absolute Gasteiger partial charge is 0.265 e. The minimum absolute atomic E-state index is 0.264. The lowest BCUT2D eigenvalue weighted by Gasteiger charge is -2.22. The molecule has 0 unspecified atom stereocenters. The number of hydrazine groups is 1. The highest BCUT2D eigenvalue weighted by Gasteiger charge is 2.28. The molecule has 1 aliphatic rings. The van der Waals surface area contributed by atoms with Gasteiger partial charge in [-0.3, -0.25) is 15.1 Å². The number of nitrogens with two attached hydrogens (primary N) is 1. The molecule has 1 saturated carbocycles. The molecule has 0 saturated heterocycles. The summed E-state index contributed by atoms with van der Waals surface area (Å²) in [4.78, 5) is 14.0. The van der Waals surface area contributed by atoms with Crippen molar-refractivity contribution in [2.75, 3.05) is 6.54 Å². The van der Waals surface area contributed by atoms with Gasteiger partial charge in [-0.05, 0) is 43.5 Å². The summed E-state index contributed by atoms with van der Waals surface area (Å²) in [6, 6.07) is 6.40. The van der Waals surface area contributed by atoms with Crippen LogP contribution in [0.3, 0.4) is 0 Å². The average Bonchev–Trinajstić information content (AvgIpc) is 3.23. The van der Waals surface area contributed by atoms with E-state index >= 15 is 0 Å². The van der Waals surface area contributed by atoms with Gasteiger partial charge in [0.25, 0.3) is 5.91 Å². The second-order valence-corrected chi connectivity index (χ2v) is 5.84. The van der Waals surface area contributed by atoms with Gasteiger partial charge in [0.15, 0.2) is 0 Å². The molecule has 0 aliphatic heterocycles. The van der Waals surface area contributed by atoms with Crippen molar-refractivity contribution in [1.82, 2.24) is 10.3 Å². The summed E-state index contributed by atoms with van der Waals surface area (Å²) in [6.45, 7) is 4.27. The van der Waals surface area contributed by atoms with Crippen molar-refractivity contribution >= 4 is 21.8 Å². The second-order valence-electron chi connectivity index (χ2n) is 4.98. The summed E-state index contributed by atoms with van der Waals surface area (Å²) in [6.07, 6.45) is 3.79. The number of rotatable bonds is 6. The number of halogens is 1. The monoisotopic (exact) mass is 325 g/mol. The van der Waals surface area contributed by atoms with Crippen LogP contribution in [0.4, 0.5) is 0 Å². The van der Waals surface area contributed by atoms with Crippen LogP contribution >= 0.6 is 15.9 Å². The standard InChI is InChI=1S/C14H20BrN3O/c1-2-7-18(12-5-6-12)9-11-4-3-10(8-13(11)15)14(19)17-16/h3-4,8,12H,2,5-7,9,16H2,1H3,(H,17,19). The Labute approximate surface area is 122 Å². The Kier molecular flexibility index (Phi) is 4.96. The fourth-order valence-corrected chi connectivity index (χ4v) is 2.74. The molecule has 0 radical (unpaired) electrons. The SMILES string of the molecule is CCCN(Cc1ccc(C(=O)NN)cc1Br)C1CC1. The molecule has 3 N–H and O–H groups in total. The summed E-state index contributed by atoms with van der Waals surface area (Å²) in [5.74, 6) is 4.87. The third-order valence-corrected chi connectivity index (χ3v) is 4.13. The van der Waals surface area contributed by atoms with E-state index in [2.05, 4.69) is 33.2 Å². The molecule has 1 aliphatic carbocycles. The van der Waals surface area contributed by atoms with E-state index in [9.17, 15) is 4.79 Å². The Morgan fingerprint density at radius 2 is 2.26 bits per heavy atom. The molecule has 1 aromatic carbocycles. The second kappa shape index (κ2) is 6.50. The van der Waals surface area contributed by atoms with Crippen molar-refractivity contribution < 1.29 is 4.79 Å². The largest absolute Gasteiger partial charge is 0.296 e. The first-order valence-electron chi connectivity index (χ1n) is 6.69. The van der Waals surface area contributed by atoms with Crippen molar-refractivity contribution in [3.05, 3.63) is 33.8 Å². The Balaban J connectivity index is 2.09. The minimum Gasteiger partial charge on any atom is -0.296 e. The molecule has 0 bridgehead atoms. The van der Waals surface area contributed by atoms with Crippen LogP contribution in [-0.4, -0.2) is 23.4 Å². The number of hydrogen-bond acceptors (Lipinski definition) is 3. The topological polar surface area (TPSA) is 58.4 Å². The molecule has 4 nitrogen and oxygen atoms in total. The molecule has 1 amide bonds. The first-order valence-corrected chi connectivity index (χ1v) is 7.48. The lowest BCUT2D eigenvalue weighted by Crippen LogP contribution is -2.30. The van der Waals surface area contributed by atoms with Crippen molar-refractivity contribution in [2.24, 2.45) is 5.84 Å². The van der Waals surface area contributed by atoms with E-state index in [-0.39, 0.29) is 5.91 Å².